The first-order valence-electron chi connectivity index (χ1n) is 9.93. The molecule has 2 N–H and O–H groups in total. The molecule has 2 aromatic heterocycles. The van der Waals surface area contributed by atoms with E-state index < -0.39 is 0 Å². The predicted molar refractivity (Wildman–Crippen MR) is 120 cm³/mol. The summed E-state index contributed by atoms with van der Waals surface area (Å²) < 4.78 is 5.95. The zero-order valence-electron chi connectivity index (χ0n) is 17.0. The third-order valence-electron chi connectivity index (χ3n) is 5.25. The Labute approximate surface area is 181 Å². The van der Waals surface area contributed by atoms with Crippen LogP contribution in [0.5, 0.6) is 0 Å². The lowest BCUT2D eigenvalue weighted by Crippen LogP contribution is -2.32. The molecule has 0 radical (unpaired) electrons. The van der Waals surface area contributed by atoms with E-state index >= 15 is 0 Å². The summed E-state index contributed by atoms with van der Waals surface area (Å²) in [6, 6.07) is 17.1. The zero-order chi connectivity index (χ0) is 21.1. The quantitative estimate of drug-likeness (QED) is 0.580. The van der Waals surface area contributed by atoms with Crippen molar-refractivity contribution < 1.29 is 9.21 Å². The number of para-hydroxylation sites is 1. The number of hydrogen-bond acceptors (Lipinski definition) is 4. The molecule has 154 valence electrons. The number of nitrogens with one attached hydrogen (secondary N) is 2. The molecule has 0 spiro atoms. The molecule has 7 heteroatoms. The minimum absolute atomic E-state index is 0.0530. The van der Waals surface area contributed by atoms with Gasteiger partial charge in [0.15, 0.2) is 5.11 Å². The number of thiocarbonyl (C=S) groups is 1. The molecule has 30 heavy (non-hydrogen) atoms. The van der Waals surface area contributed by atoms with Gasteiger partial charge in [-0.2, -0.15) is 0 Å². The maximum absolute atomic E-state index is 12.6. The monoisotopic (exact) mass is 420 g/mol. The van der Waals surface area contributed by atoms with Crippen molar-refractivity contribution in [1.29, 1.82) is 0 Å². The Hall–Kier alpha value is -3.19. The Kier molecular flexibility index (Phi) is 5.81. The second kappa shape index (κ2) is 8.67. The van der Waals surface area contributed by atoms with Gasteiger partial charge in [0.25, 0.3) is 0 Å². The van der Waals surface area contributed by atoms with Crippen molar-refractivity contribution in [2.45, 2.75) is 32.4 Å². The highest BCUT2D eigenvalue weighted by molar-refractivity contribution is 7.80. The van der Waals surface area contributed by atoms with Gasteiger partial charge in [0.2, 0.25) is 5.91 Å². The van der Waals surface area contributed by atoms with Crippen LogP contribution in [-0.4, -0.2) is 27.4 Å². The number of nitrogens with zero attached hydrogens (tertiary/aromatic N) is 2. The maximum atomic E-state index is 12.6. The molecule has 4 rings (SSSR count). The Morgan fingerprint density at radius 1 is 1.17 bits per heavy atom. The molecule has 6 nitrogen and oxygen atoms in total. The first-order valence-corrected chi connectivity index (χ1v) is 10.3. The van der Waals surface area contributed by atoms with Gasteiger partial charge in [-0.1, -0.05) is 24.3 Å². The molecule has 3 heterocycles. The number of rotatable bonds is 6. The van der Waals surface area contributed by atoms with Crippen molar-refractivity contribution in [2.75, 3.05) is 11.9 Å². The standard InChI is InChI=1S/C23H24N4O2S/c1-15-7-3-4-8-17(15)25-20(28)12-14-27-22(19-11-10-16(2)29-19)21(26-23(27)30)18-9-5-6-13-24-18/h3-11,13,21-22H,12,14H2,1-2H3,(H,25,28)(H,26,30)/t21-,22-/m0/s1. The minimum atomic E-state index is -0.174. The Bertz CT molecular complexity index is 1050. The molecule has 1 aliphatic heterocycles. The smallest absolute Gasteiger partial charge is 0.226 e. The van der Waals surface area contributed by atoms with Crippen LogP contribution >= 0.6 is 12.2 Å². The lowest BCUT2D eigenvalue weighted by Gasteiger charge is -2.25. The fourth-order valence-electron chi connectivity index (χ4n) is 3.72. The number of pyridine rings is 1. The normalized spacial score (nSPS) is 18.3. The largest absolute Gasteiger partial charge is 0.464 e. The van der Waals surface area contributed by atoms with Crippen LogP contribution < -0.4 is 10.6 Å². The second-order valence-electron chi connectivity index (χ2n) is 7.38. The molecule has 0 saturated carbocycles. The third kappa shape index (κ3) is 4.21. The Morgan fingerprint density at radius 3 is 2.67 bits per heavy atom. The minimum Gasteiger partial charge on any atom is -0.464 e. The van der Waals surface area contributed by atoms with Crippen LogP contribution in [0.15, 0.2) is 65.2 Å². The van der Waals surface area contributed by atoms with Crippen molar-refractivity contribution in [1.82, 2.24) is 15.2 Å². The average Bonchev–Trinajstić information content (AvgIpc) is 3.31. The second-order valence-corrected chi connectivity index (χ2v) is 7.77. The molecule has 2 atom stereocenters. The summed E-state index contributed by atoms with van der Waals surface area (Å²) in [6.07, 6.45) is 2.07. The molecule has 0 unspecified atom stereocenters. The van der Waals surface area contributed by atoms with Crippen molar-refractivity contribution in [2.24, 2.45) is 0 Å². The van der Waals surface area contributed by atoms with E-state index in [0.717, 1.165) is 28.5 Å². The van der Waals surface area contributed by atoms with Crippen LogP contribution in [0, 0.1) is 13.8 Å². The van der Waals surface area contributed by atoms with Gasteiger partial charge in [-0.3, -0.25) is 9.78 Å². The van der Waals surface area contributed by atoms with E-state index in [1.165, 1.54) is 0 Å². The highest BCUT2D eigenvalue weighted by atomic mass is 32.1. The van der Waals surface area contributed by atoms with Crippen molar-refractivity contribution >= 4 is 28.9 Å². The Balaban J connectivity index is 1.52. The van der Waals surface area contributed by atoms with Gasteiger partial charge >= 0.3 is 0 Å². The van der Waals surface area contributed by atoms with E-state index in [-0.39, 0.29) is 18.0 Å². The Morgan fingerprint density at radius 2 is 1.97 bits per heavy atom. The number of carbonyl (C=O) groups excluding carboxylic acids is 1. The van der Waals surface area contributed by atoms with Gasteiger partial charge in [0.1, 0.15) is 17.6 Å². The van der Waals surface area contributed by atoms with Gasteiger partial charge < -0.3 is 20.0 Å². The fraction of sp³-hybridized carbons (Fsp3) is 0.261. The summed E-state index contributed by atoms with van der Waals surface area (Å²) in [4.78, 5) is 19.1. The molecular weight excluding hydrogens is 396 g/mol. The summed E-state index contributed by atoms with van der Waals surface area (Å²) in [5, 5.41) is 6.94. The van der Waals surface area contributed by atoms with Gasteiger partial charge in [-0.15, -0.1) is 0 Å². The van der Waals surface area contributed by atoms with Gasteiger partial charge in [0, 0.05) is 24.8 Å². The fourth-order valence-corrected chi connectivity index (χ4v) is 4.05. The SMILES string of the molecule is Cc1ccc([C@H]2[C@H](c3ccccn3)NC(=S)N2CCC(=O)Nc2ccccc2C)o1. The van der Waals surface area contributed by atoms with E-state index in [4.69, 9.17) is 16.6 Å². The number of benzene rings is 1. The highest BCUT2D eigenvalue weighted by Gasteiger charge is 2.41. The first-order chi connectivity index (χ1) is 14.5. The van der Waals surface area contributed by atoms with Gasteiger partial charge in [-0.25, -0.2) is 0 Å². The van der Waals surface area contributed by atoms with E-state index in [1.54, 1.807) is 6.20 Å². The predicted octanol–water partition coefficient (Wildman–Crippen LogP) is 4.29. The summed E-state index contributed by atoms with van der Waals surface area (Å²) in [5.74, 6) is 1.58. The molecule has 1 saturated heterocycles. The van der Waals surface area contributed by atoms with Crippen molar-refractivity contribution in [3.63, 3.8) is 0 Å². The average molecular weight is 421 g/mol. The van der Waals surface area contributed by atoms with Crippen LogP contribution in [0.1, 0.15) is 41.3 Å². The van der Waals surface area contributed by atoms with Crippen LogP contribution in [0.4, 0.5) is 5.69 Å². The third-order valence-corrected chi connectivity index (χ3v) is 5.60. The van der Waals surface area contributed by atoms with Gasteiger partial charge in [0.05, 0.1) is 11.7 Å². The van der Waals surface area contributed by atoms with Crippen LogP contribution in [0.3, 0.4) is 0 Å². The van der Waals surface area contributed by atoms with Crippen LogP contribution in [0.25, 0.3) is 0 Å². The van der Waals surface area contributed by atoms with Crippen molar-refractivity contribution in [3.05, 3.63) is 83.6 Å². The topological polar surface area (TPSA) is 70.4 Å². The van der Waals surface area contributed by atoms with Crippen molar-refractivity contribution in [3.8, 4) is 0 Å². The summed E-state index contributed by atoms with van der Waals surface area (Å²) in [5.41, 5.74) is 2.74. The molecule has 1 fully saturated rings. The number of aryl methyl sites for hydroxylation is 2. The molecule has 3 aromatic rings. The summed E-state index contributed by atoms with van der Waals surface area (Å²) in [6.45, 7) is 4.36. The van der Waals surface area contributed by atoms with Gasteiger partial charge in [-0.05, 0) is 62.0 Å². The molecule has 1 amide bonds. The number of furan rings is 1. The van der Waals surface area contributed by atoms with Crippen LogP contribution in [0.2, 0.25) is 0 Å². The lowest BCUT2D eigenvalue weighted by atomic mass is 10.0. The molecule has 0 bridgehead atoms. The number of carbonyl (C=O) groups is 1. The number of aromatic nitrogens is 1. The van der Waals surface area contributed by atoms with E-state index in [2.05, 4.69) is 15.6 Å². The molecule has 1 aliphatic rings. The van der Waals surface area contributed by atoms with E-state index in [1.807, 2.05) is 73.3 Å². The number of hydrogen-bond donors (Lipinski definition) is 2. The highest BCUT2D eigenvalue weighted by Crippen LogP contribution is 2.39. The molecular formula is C23H24N4O2S. The lowest BCUT2D eigenvalue weighted by molar-refractivity contribution is -0.116. The van der Waals surface area contributed by atoms with E-state index in [9.17, 15) is 4.79 Å². The zero-order valence-corrected chi connectivity index (χ0v) is 17.8. The summed E-state index contributed by atoms with van der Waals surface area (Å²) in [7, 11) is 0. The summed E-state index contributed by atoms with van der Waals surface area (Å²) >= 11 is 5.62. The number of anilines is 1. The molecule has 0 aliphatic carbocycles. The molecule has 1 aromatic carbocycles. The number of amides is 1. The van der Waals surface area contributed by atoms with Crippen LogP contribution in [-0.2, 0) is 4.79 Å². The maximum Gasteiger partial charge on any atom is 0.226 e. The first kappa shape index (κ1) is 20.1. The van der Waals surface area contributed by atoms with E-state index in [0.29, 0.717) is 18.1 Å².